The van der Waals surface area contributed by atoms with Crippen LogP contribution in [-0.4, -0.2) is 49.6 Å². The third-order valence-electron chi connectivity index (χ3n) is 6.39. The molecule has 0 radical (unpaired) electrons. The van der Waals surface area contributed by atoms with Crippen molar-refractivity contribution in [2.45, 2.75) is 44.5 Å². The summed E-state index contributed by atoms with van der Waals surface area (Å²) in [4.78, 5) is 11.5. The molecule has 0 unspecified atom stereocenters. The molecule has 0 atom stereocenters. The molecule has 1 heterocycles. The van der Waals surface area contributed by atoms with Gasteiger partial charge < -0.3 is 20.3 Å². The van der Waals surface area contributed by atoms with E-state index in [0.29, 0.717) is 36.4 Å². The summed E-state index contributed by atoms with van der Waals surface area (Å²) in [7, 11) is 3.97. The maximum Gasteiger partial charge on any atom is 0.573 e. The van der Waals surface area contributed by atoms with Crippen molar-refractivity contribution in [1.29, 1.82) is 0 Å². The van der Waals surface area contributed by atoms with E-state index in [1.54, 1.807) is 18.2 Å². The Kier molecular flexibility index (Phi) is 11.5. The Labute approximate surface area is 228 Å². The molecular formula is C26H34Cl2F3N5O. The minimum Gasteiger partial charge on any atom is -0.406 e. The molecule has 0 aliphatic heterocycles. The predicted octanol–water partition coefficient (Wildman–Crippen LogP) is 6.24. The van der Waals surface area contributed by atoms with Crippen LogP contribution in [0.1, 0.15) is 31.2 Å². The number of alkyl halides is 3. The number of nitrogens with zero attached hydrogens (tertiary/aromatic N) is 3. The summed E-state index contributed by atoms with van der Waals surface area (Å²) in [5.41, 5.74) is 1.48. The summed E-state index contributed by atoms with van der Waals surface area (Å²) in [5.74, 6) is 1.98. The Morgan fingerprint density at radius 3 is 2.32 bits per heavy atom. The highest BCUT2D eigenvalue weighted by molar-refractivity contribution is 5.90. The molecule has 3 aromatic rings. The lowest BCUT2D eigenvalue weighted by Crippen LogP contribution is -2.32. The summed E-state index contributed by atoms with van der Waals surface area (Å²) in [6.07, 6.45) is 0.0159. The van der Waals surface area contributed by atoms with Crippen molar-refractivity contribution in [3.63, 3.8) is 0 Å². The third-order valence-corrected chi connectivity index (χ3v) is 6.39. The monoisotopic (exact) mass is 559 g/mol. The Morgan fingerprint density at radius 1 is 0.946 bits per heavy atom. The molecule has 1 aliphatic rings. The van der Waals surface area contributed by atoms with Gasteiger partial charge in [-0.3, -0.25) is 0 Å². The van der Waals surface area contributed by atoms with Gasteiger partial charge in [-0.15, -0.1) is 38.0 Å². The van der Waals surface area contributed by atoms with Crippen LogP contribution in [0.3, 0.4) is 0 Å². The van der Waals surface area contributed by atoms with Crippen LogP contribution in [0.2, 0.25) is 0 Å². The predicted molar refractivity (Wildman–Crippen MR) is 147 cm³/mol. The number of hydrogen-bond acceptors (Lipinski definition) is 6. The first-order valence-electron chi connectivity index (χ1n) is 12.0. The van der Waals surface area contributed by atoms with Crippen LogP contribution in [0.4, 0.5) is 24.9 Å². The minimum absolute atomic E-state index is 0. The van der Waals surface area contributed by atoms with Gasteiger partial charge in [0.2, 0.25) is 5.95 Å². The first-order valence-corrected chi connectivity index (χ1v) is 12.0. The first-order chi connectivity index (χ1) is 16.8. The van der Waals surface area contributed by atoms with Crippen molar-refractivity contribution in [3.05, 3.63) is 54.1 Å². The molecule has 0 amide bonds. The van der Waals surface area contributed by atoms with Crippen molar-refractivity contribution >= 4 is 47.5 Å². The molecule has 0 spiro atoms. The van der Waals surface area contributed by atoms with Gasteiger partial charge in [-0.1, -0.05) is 30.3 Å². The number of benzene rings is 2. The fourth-order valence-corrected chi connectivity index (χ4v) is 4.62. The molecular weight excluding hydrogens is 526 g/mol. The van der Waals surface area contributed by atoms with Crippen LogP contribution < -0.4 is 20.3 Å². The maximum atomic E-state index is 12.6. The van der Waals surface area contributed by atoms with Gasteiger partial charge >= 0.3 is 6.36 Å². The van der Waals surface area contributed by atoms with E-state index in [2.05, 4.69) is 15.4 Å². The van der Waals surface area contributed by atoms with Gasteiger partial charge in [0.25, 0.3) is 0 Å². The zero-order valence-electron chi connectivity index (χ0n) is 20.9. The number of nitrogens with one attached hydrogen (secondary N) is 2. The van der Waals surface area contributed by atoms with Crippen molar-refractivity contribution in [2.75, 3.05) is 37.4 Å². The summed E-state index contributed by atoms with van der Waals surface area (Å²) >= 11 is 0. The van der Waals surface area contributed by atoms with Gasteiger partial charge in [-0.2, -0.15) is 4.98 Å². The van der Waals surface area contributed by atoms with E-state index in [9.17, 15) is 13.2 Å². The van der Waals surface area contributed by atoms with Crippen molar-refractivity contribution in [1.82, 2.24) is 15.3 Å². The topological polar surface area (TPSA) is 62.3 Å². The molecule has 4 rings (SSSR count). The highest BCUT2D eigenvalue weighted by atomic mass is 35.5. The van der Waals surface area contributed by atoms with Crippen molar-refractivity contribution < 1.29 is 17.9 Å². The van der Waals surface area contributed by atoms with Gasteiger partial charge in [0.1, 0.15) is 11.6 Å². The van der Waals surface area contributed by atoms with E-state index in [1.165, 1.54) is 6.07 Å². The lowest BCUT2D eigenvalue weighted by molar-refractivity contribution is -0.274. The third kappa shape index (κ3) is 8.79. The lowest BCUT2D eigenvalue weighted by atomic mass is 9.86. The molecule has 1 fully saturated rings. The van der Waals surface area contributed by atoms with E-state index in [-0.39, 0.29) is 30.6 Å². The minimum atomic E-state index is -4.68. The van der Waals surface area contributed by atoms with Crippen LogP contribution in [0.5, 0.6) is 5.75 Å². The summed E-state index contributed by atoms with van der Waals surface area (Å²) in [5, 5.41) is 7.97. The highest BCUT2D eigenvalue weighted by Gasteiger charge is 2.32. The normalized spacial score (nSPS) is 17.4. The molecule has 0 bridgehead atoms. The SMILES string of the molecule is CN(C)c1nc(NC2CCC(CNCCc3ccccc3OC(F)(F)F)CC2)nc2ccccc12.Cl.Cl. The van der Waals surface area contributed by atoms with E-state index >= 15 is 0 Å². The Bertz CT molecular complexity index is 1120. The molecule has 6 nitrogen and oxygen atoms in total. The van der Waals surface area contributed by atoms with Gasteiger partial charge in [-0.25, -0.2) is 4.98 Å². The molecule has 2 aromatic carbocycles. The number of para-hydroxylation sites is 2. The molecule has 1 aromatic heterocycles. The maximum absolute atomic E-state index is 12.6. The summed E-state index contributed by atoms with van der Waals surface area (Å²) < 4.78 is 41.9. The standard InChI is InChI=1S/C26H32F3N5O.2ClH/c1-34(2)24-21-8-4-5-9-22(21)32-25(33-24)31-20-13-11-18(12-14-20)17-30-16-15-19-7-3-6-10-23(19)35-26(27,28)29;;/h3-10,18,20,30H,11-17H2,1-2H3,(H,31,32,33);2*1H. The van der Waals surface area contributed by atoms with Gasteiger partial charge in [0.15, 0.2) is 0 Å². The van der Waals surface area contributed by atoms with Gasteiger partial charge in [0, 0.05) is 25.5 Å². The quantitative estimate of drug-likeness (QED) is 0.302. The zero-order valence-corrected chi connectivity index (χ0v) is 22.6. The van der Waals surface area contributed by atoms with Gasteiger partial charge in [0.05, 0.1) is 5.52 Å². The molecule has 11 heteroatoms. The molecule has 1 aliphatic carbocycles. The van der Waals surface area contributed by atoms with E-state index in [4.69, 9.17) is 9.97 Å². The van der Waals surface area contributed by atoms with Crippen molar-refractivity contribution in [3.8, 4) is 5.75 Å². The van der Waals surface area contributed by atoms with E-state index < -0.39 is 6.36 Å². The second-order valence-corrected chi connectivity index (χ2v) is 9.25. The molecule has 0 saturated heterocycles. The number of halogens is 5. The molecule has 204 valence electrons. The summed E-state index contributed by atoms with van der Waals surface area (Å²) in [6, 6.07) is 14.7. The van der Waals surface area contributed by atoms with Crippen LogP contribution in [0.25, 0.3) is 10.9 Å². The lowest BCUT2D eigenvalue weighted by Gasteiger charge is -2.29. The number of aromatic nitrogens is 2. The van der Waals surface area contributed by atoms with Crippen LogP contribution in [0.15, 0.2) is 48.5 Å². The average Bonchev–Trinajstić information content (AvgIpc) is 2.82. The zero-order chi connectivity index (χ0) is 24.8. The highest BCUT2D eigenvalue weighted by Crippen LogP contribution is 2.29. The Balaban J connectivity index is 0.00000241. The number of anilines is 2. The smallest absolute Gasteiger partial charge is 0.406 e. The second kappa shape index (κ2) is 13.9. The molecule has 1 saturated carbocycles. The first kappa shape index (κ1) is 30.7. The van der Waals surface area contributed by atoms with E-state index in [1.807, 2.05) is 43.3 Å². The molecule has 37 heavy (non-hydrogen) atoms. The fraction of sp³-hybridized carbons (Fsp3) is 0.462. The Morgan fingerprint density at radius 2 is 1.62 bits per heavy atom. The number of ether oxygens (including phenoxy) is 1. The largest absolute Gasteiger partial charge is 0.573 e. The van der Waals surface area contributed by atoms with Gasteiger partial charge in [-0.05, 0) is 74.9 Å². The number of rotatable bonds is 9. The second-order valence-electron chi connectivity index (χ2n) is 9.25. The number of fused-ring (bicyclic) bond motifs is 1. The molecule has 2 N–H and O–H groups in total. The van der Waals surface area contributed by atoms with Crippen molar-refractivity contribution in [2.24, 2.45) is 5.92 Å². The van der Waals surface area contributed by atoms with E-state index in [0.717, 1.165) is 48.9 Å². The number of hydrogen-bond donors (Lipinski definition) is 2. The van der Waals surface area contributed by atoms with Crippen LogP contribution in [-0.2, 0) is 6.42 Å². The van der Waals surface area contributed by atoms with Crippen LogP contribution >= 0.6 is 24.8 Å². The summed E-state index contributed by atoms with van der Waals surface area (Å²) in [6.45, 7) is 1.46. The van der Waals surface area contributed by atoms with Crippen LogP contribution in [0, 0.1) is 5.92 Å². The average molecular weight is 560 g/mol. The Hall–Kier alpha value is -2.49. The fourth-order valence-electron chi connectivity index (χ4n) is 4.62.